The van der Waals surface area contributed by atoms with E-state index in [0.29, 0.717) is 0 Å². The van der Waals surface area contributed by atoms with Crippen molar-refractivity contribution >= 4 is 28.5 Å². The molecule has 29 heavy (non-hydrogen) atoms. The Balaban J connectivity index is 1.95. The lowest BCUT2D eigenvalue weighted by Crippen LogP contribution is -2.35. The summed E-state index contributed by atoms with van der Waals surface area (Å²) in [4.78, 5) is 15.8. The molecule has 0 atom stereocenters. The van der Waals surface area contributed by atoms with Crippen LogP contribution in [0.5, 0.6) is 0 Å². The van der Waals surface area contributed by atoms with E-state index >= 15 is 0 Å². The monoisotopic (exact) mass is 407 g/mol. The molecule has 1 aromatic carbocycles. The molecule has 3 heterocycles. The van der Waals surface area contributed by atoms with E-state index in [1.165, 1.54) is 11.3 Å². The van der Waals surface area contributed by atoms with Crippen LogP contribution in [-0.2, 0) is 0 Å². The van der Waals surface area contributed by atoms with E-state index in [4.69, 9.17) is 28.1 Å². The third-order valence-electron chi connectivity index (χ3n) is 6.07. The average molecular weight is 408 g/mol. The predicted octanol–water partition coefficient (Wildman–Crippen LogP) is 5.50. The van der Waals surface area contributed by atoms with Gasteiger partial charge < -0.3 is 9.74 Å². The van der Waals surface area contributed by atoms with Crippen molar-refractivity contribution in [2.24, 2.45) is 0 Å². The smallest absolute Gasteiger partial charge is 0.227 e. The Morgan fingerprint density at radius 3 is 2.24 bits per heavy atom. The van der Waals surface area contributed by atoms with Crippen LogP contribution in [0.15, 0.2) is 12.1 Å². The molecule has 0 spiro atoms. The summed E-state index contributed by atoms with van der Waals surface area (Å²) in [6, 6.07) is 4.15. The fourth-order valence-electron chi connectivity index (χ4n) is 4.51. The van der Waals surface area contributed by atoms with E-state index in [0.717, 1.165) is 70.4 Å². The van der Waals surface area contributed by atoms with Crippen molar-refractivity contribution in [3.05, 3.63) is 56.8 Å². The number of piperidine rings is 1. The van der Waals surface area contributed by atoms with Crippen molar-refractivity contribution in [1.29, 1.82) is 0 Å². The summed E-state index contributed by atoms with van der Waals surface area (Å²) < 4.78 is 2.26. The molecule has 0 aliphatic carbocycles. The Morgan fingerprint density at radius 1 is 1.03 bits per heavy atom. The Morgan fingerprint density at radius 2 is 1.66 bits per heavy atom. The van der Waals surface area contributed by atoms with Crippen molar-refractivity contribution < 1.29 is 0 Å². The van der Waals surface area contributed by atoms with Crippen LogP contribution in [0.25, 0.3) is 21.6 Å². The summed E-state index contributed by atoms with van der Waals surface area (Å²) in [6.45, 7) is 19.5. The maximum Gasteiger partial charge on any atom is 0.227 e. The number of benzene rings is 1. The Kier molecular flexibility index (Phi) is 5.00. The highest BCUT2D eigenvalue weighted by molar-refractivity contribution is 6.30. The summed E-state index contributed by atoms with van der Waals surface area (Å²) in [7, 11) is 0. The molecule has 3 aromatic rings. The van der Waals surface area contributed by atoms with Gasteiger partial charge in [-0.15, -0.1) is 0 Å². The van der Waals surface area contributed by atoms with Crippen molar-refractivity contribution in [3.8, 4) is 5.69 Å². The second-order valence-corrected chi connectivity index (χ2v) is 8.51. The molecule has 1 aliphatic heterocycles. The fraction of sp³-hybridized carbons (Fsp3) is 0.435. The number of nitrogens with zero attached hydrogens (tertiary/aromatic N) is 5. The first-order valence-electron chi connectivity index (χ1n) is 10.1. The van der Waals surface area contributed by atoms with Gasteiger partial charge in [0.1, 0.15) is 11.6 Å². The second kappa shape index (κ2) is 7.35. The SMILES string of the molecule is [C-]#[N+]C1CCN(c2nc(C)nc3c2c(C)c(C)n3-c2c(C)cc(Cl)cc2C)CC1. The fourth-order valence-corrected chi connectivity index (χ4v) is 4.84. The number of aromatic nitrogens is 3. The van der Waals surface area contributed by atoms with Crippen LogP contribution in [0.4, 0.5) is 5.82 Å². The van der Waals surface area contributed by atoms with Gasteiger partial charge in [0.05, 0.1) is 11.1 Å². The van der Waals surface area contributed by atoms with Gasteiger partial charge in [-0.3, -0.25) is 4.57 Å². The van der Waals surface area contributed by atoms with E-state index < -0.39 is 0 Å². The molecule has 1 saturated heterocycles. The van der Waals surface area contributed by atoms with Gasteiger partial charge in [0.25, 0.3) is 0 Å². The third kappa shape index (κ3) is 3.26. The molecule has 0 saturated carbocycles. The van der Waals surface area contributed by atoms with E-state index in [1.54, 1.807) is 0 Å². The van der Waals surface area contributed by atoms with Gasteiger partial charge in [0, 0.05) is 36.6 Å². The van der Waals surface area contributed by atoms with Gasteiger partial charge in [-0.05, 0) is 63.4 Å². The lowest BCUT2D eigenvalue weighted by molar-refractivity contribution is 0.545. The normalized spacial score (nSPS) is 15.1. The number of hydrogen-bond acceptors (Lipinski definition) is 3. The van der Waals surface area contributed by atoms with Crippen LogP contribution in [-0.4, -0.2) is 33.7 Å². The molecule has 0 radical (unpaired) electrons. The minimum Gasteiger partial charge on any atom is -0.355 e. The highest BCUT2D eigenvalue weighted by atomic mass is 35.5. The van der Waals surface area contributed by atoms with E-state index in [2.05, 4.69) is 42.0 Å². The summed E-state index contributed by atoms with van der Waals surface area (Å²) in [6.07, 6.45) is 1.78. The second-order valence-electron chi connectivity index (χ2n) is 8.07. The highest BCUT2D eigenvalue weighted by Crippen LogP contribution is 2.37. The number of rotatable bonds is 2. The van der Waals surface area contributed by atoms with Crippen molar-refractivity contribution in [3.63, 3.8) is 0 Å². The zero-order chi connectivity index (χ0) is 20.9. The van der Waals surface area contributed by atoms with Gasteiger partial charge in [0.15, 0.2) is 5.65 Å². The Bertz CT molecular complexity index is 1120. The minimum atomic E-state index is 0.136. The van der Waals surface area contributed by atoms with Crippen LogP contribution in [0, 0.1) is 41.2 Å². The molecule has 0 unspecified atom stereocenters. The maximum atomic E-state index is 7.32. The third-order valence-corrected chi connectivity index (χ3v) is 6.29. The Hall–Kier alpha value is -2.58. The van der Waals surface area contributed by atoms with E-state index in [-0.39, 0.29) is 6.04 Å². The first-order chi connectivity index (χ1) is 13.8. The minimum absolute atomic E-state index is 0.136. The van der Waals surface area contributed by atoms with Crippen LogP contribution in [0.1, 0.15) is 41.1 Å². The molecule has 1 fully saturated rings. The van der Waals surface area contributed by atoms with Crippen LogP contribution in [0.3, 0.4) is 0 Å². The highest BCUT2D eigenvalue weighted by Gasteiger charge is 2.28. The van der Waals surface area contributed by atoms with Crippen molar-refractivity contribution in [1.82, 2.24) is 14.5 Å². The van der Waals surface area contributed by atoms with Gasteiger partial charge in [0.2, 0.25) is 6.04 Å². The lowest BCUT2D eigenvalue weighted by atomic mass is 10.1. The first kappa shape index (κ1) is 19.7. The first-order valence-corrected chi connectivity index (χ1v) is 10.4. The maximum absolute atomic E-state index is 7.32. The van der Waals surface area contributed by atoms with Crippen molar-refractivity contribution in [2.45, 2.75) is 53.5 Å². The molecule has 5 nitrogen and oxygen atoms in total. The number of hydrogen-bond donors (Lipinski definition) is 0. The molecule has 150 valence electrons. The predicted molar refractivity (Wildman–Crippen MR) is 119 cm³/mol. The summed E-state index contributed by atoms with van der Waals surface area (Å²) in [5.74, 6) is 1.77. The zero-order valence-corrected chi connectivity index (χ0v) is 18.4. The summed E-state index contributed by atoms with van der Waals surface area (Å²) in [5, 5.41) is 1.87. The topological polar surface area (TPSA) is 38.3 Å². The number of fused-ring (bicyclic) bond motifs is 1. The molecule has 0 N–H and O–H groups in total. The zero-order valence-electron chi connectivity index (χ0n) is 17.7. The lowest BCUT2D eigenvalue weighted by Gasteiger charge is -2.29. The van der Waals surface area contributed by atoms with Crippen LogP contribution >= 0.6 is 11.6 Å². The van der Waals surface area contributed by atoms with Gasteiger partial charge >= 0.3 is 0 Å². The van der Waals surface area contributed by atoms with E-state index in [1.807, 2.05) is 19.1 Å². The van der Waals surface area contributed by atoms with Gasteiger partial charge in [-0.25, -0.2) is 16.5 Å². The number of halogens is 1. The molecule has 4 rings (SSSR count). The number of aryl methyl sites for hydroxylation is 4. The quantitative estimate of drug-likeness (QED) is 0.526. The largest absolute Gasteiger partial charge is 0.355 e. The average Bonchev–Trinajstić information content (AvgIpc) is 2.92. The summed E-state index contributed by atoms with van der Waals surface area (Å²) >= 11 is 6.29. The van der Waals surface area contributed by atoms with Gasteiger partial charge in [-0.1, -0.05) is 11.6 Å². The van der Waals surface area contributed by atoms with Crippen LogP contribution in [0.2, 0.25) is 5.02 Å². The molecule has 1 aliphatic rings. The molecule has 2 aromatic heterocycles. The molecule has 0 bridgehead atoms. The molecular formula is C23H26ClN5. The molecule has 6 heteroatoms. The number of anilines is 1. The van der Waals surface area contributed by atoms with Crippen LogP contribution < -0.4 is 4.90 Å². The molecule has 0 amide bonds. The molecular weight excluding hydrogens is 382 g/mol. The standard InChI is InChI=1S/C23H26ClN5/c1-13-11-18(24)12-14(2)21(13)29-16(4)15(3)20-22(26-17(5)27-23(20)29)28-9-7-19(25-6)8-10-28/h11-12,19H,7-10H2,1-5H3. The van der Waals surface area contributed by atoms with Gasteiger partial charge in [-0.2, -0.15) is 0 Å². The Labute approximate surface area is 177 Å². The van der Waals surface area contributed by atoms with E-state index in [9.17, 15) is 0 Å². The van der Waals surface area contributed by atoms with Crippen molar-refractivity contribution in [2.75, 3.05) is 18.0 Å². The summed E-state index contributed by atoms with van der Waals surface area (Å²) in [5.41, 5.74) is 6.72.